The van der Waals surface area contributed by atoms with Crippen molar-refractivity contribution in [2.45, 2.75) is 64.4 Å². The third-order valence-electron chi connectivity index (χ3n) is 4.38. The lowest BCUT2D eigenvalue weighted by atomic mass is 10.0. The quantitative estimate of drug-likeness (QED) is 0.208. The van der Waals surface area contributed by atoms with Gasteiger partial charge < -0.3 is 36.9 Å². The summed E-state index contributed by atoms with van der Waals surface area (Å²) < 4.78 is 0. The molecule has 1 rings (SSSR count). The Hall–Kier alpha value is -2.99. The van der Waals surface area contributed by atoms with Gasteiger partial charge in [0.2, 0.25) is 17.7 Å². The number of aliphatic hydroxyl groups excluding tert-OH is 1. The van der Waals surface area contributed by atoms with Crippen LogP contribution in [0.15, 0.2) is 12.5 Å². The van der Waals surface area contributed by atoms with E-state index in [9.17, 15) is 24.3 Å². The van der Waals surface area contributed by atoms with Crippen molar-refractivity contribution in [3.05, 3.63) is 18.2 Å². The molecule has 0 saturated carbocycles. The minimum atomic E-state index is -1.52. The smallest absolute Gasteiger partial charge is 0.328 e. The van der Waals surface area contributed by atoms with Gasteiger partial charge in [0.05, 0.1) is 18.5 Å². The molecule has 168 valence electrons. The molecule has 0 aromatic carbocycles. The molecule has 1 aromatic heterocycles. The fraction of sp³-hybridized carbons (Fsp3) is 0.611. The molecular formula is C18H30N6O6. The molecule has 0 spiro atoms. The van der Waals surface area contributed by atoms with Crippen LogP contribution in [0.5, 0.6) is 0 Å². The van der Waals surface area contributed by atoms with Gasteiger partial charge >= 0.3 is 5.97 Å². The van der Waals surface area contributed by atoms with E-state index in [1.807, 2.05) is 0 Å². The summed E-state index contributed by atoms with van der Waals surface area (Å²) in [7, 11) is 0. The number of carboxylic acid groups (broad SMARTS) is 1. The van der Waals surface area contributed by atoms with E-state index in [0.29, 0.717) is 5.69 Å². The molecule has 0 aliphatic heterocycles. The van der Waals surface area contributed by atoms with Crippen molar-refractivity contribution in [1.82, 2.24) is 25.9 Å². The minimum Gasteiger partial charge on any atom is -0.480 e. The number of nitrogens with two attached hydrogens (primary N) is 1. The number of nitrogens with zero attached hydrogens (tertiary/aromatic N) is 1. The highest BCUT2D eigenvalue weighted by Gasteiger charge is 2.31. The number of hydrogen-bond acceptors (Lipinski definition) is 7. The number of H-pyrrole nitrogens is 1. The third kappa shape index (κ3) is 7.44. The van der Waals surface area contributed by atoms with Crippen LogP contribution in [-0.2, 0) is 25.6 Å². The fourth-order valence-electron chi connectivity index (χ4n) is 2.56. The van der Waals surface area contributed by atoms with Gasteiger partial charge in [-0.15, -0.1) is 0 Å². The van der Waals surface area contributed by atoms with E-state index < -0.39 is 54.0 Å². The summed E-state index contributed by atoms with van der Waals surface area (Å²) >= 11 is 0. The number of nitrogens with one attached hydrogen (secondary N) is 4. The number of carbonyl (C=O) groups is 4. The zero-order valence-electron chi connectivity index (χ0n) is 17.4. The maximum Gasteiger partial charge on any atom is 0.328 e. The van der Waals surface area contributed by atoms with Gasteiger partial charge in [-0.05, 0) is 19.8 Å². The Balaban J connectivity index is 2.70. The van der Waals surface area contributed by atoms with Crippen molar-refractivity contribution in [2.24, 2.45) is 11.7 Å². The number of aromatic amines is 1. The summed E-state index contributed by atoms with van der Waals surface area (Å²) in [6, 6.07) is -4.50. The molecule has 0 saturated heterocycles. The molecule has 5 unspecified atom stereocenters. The standard InChI is InChI=1S/C18H30N6O6/c1-8(2)13(23-16(27)12(19)5-11-6-20-7-21-11)17(28)22-9(3)15(26)24-14(10(4)25)18(29)30/h6-10,12-14,25H,5,19H2,1-4H3,(H,20,21)(H,22,28)(H,23,27)(H,24,26)(H,29,30). The summed E-state index contributed by atoms with van der Waals surface area (Å²) in [5, 5.41) is 25.6. The van der Waals surface area contributed by atoms with Crippen LogP contribution in [0.25, 0.3) is 0 Å². The van der Waals surface area contributed by atoms with Crippen LogP contribution in [0.4, 0.5) is 0 Å². The first-order chi connectivity index (χ1) is 13.9. The lowest BCUT2D eigenvalue weighted by Gasteiger charge is -2.26. The van der Waals surface area contributed by atoms with Gasteiger partial charge in [-0.3, -0.25) is 14.4 Å². The van der Waals surface area contributed by atoms with Gasteiger partial charge in [0, 0.05) is 18.3 Å². The molecule has 0 radical (unpaired) electrons. The van der Waals surface area contributed by atoms with Crippen molar-refractivity contribution < 1.29 is 29.4 Å². The summed E-state index contributed by atoms with van der Waals surface area (Å²) in [5.41, 5.74) is 6.55. The molecule has 12 nitrogen and oxygen atoms in total. The van der Waals surface area contributed by atoms with E-state index in [-0.39, 0.29) is 12.3 Å². The number of imidazole rings is 1. The molecule has 12 heteroatoms. The Morgan fingerprint density at radius 3 is 2.10 bits per heavy atom. The number of amides is 3. The topological polar surface area (TPSA) is 200 Å². The average molecular weight is 426 g/mol. The van der Waals surface area contributed by atoms with E-state index in [2.05, 4.69) is 25.9 Å². The van der Waals surface area contributed by atoms with Crippen LogP contribution >= 0.6 is 0 Å². The Kier molecular flexibility index (Phi) is 9.40. The zero-order chi connectivity index (χ0) is 23.0. The maximum absolute atomic E-state index is 12.6. The summed E-state index contributed by atoms with van der Waals surface area (Å²) in [6.45, 7) is 6.00. The molecular weight excluding hydrogens is 396 g/mol. The maximum atomic E-state index is 12.6. The van der Waals surface area contributed by atoms with E-state index in [0.717, 1.165) is 0 Å². The van der Waals surface area contributed by atoms with Crippen LogP contribution in [0.2, 0.25) is 0 Å². The van der Waals surface area contributed by atoms with Gasteiger partial charge in [-0.25, -0.2) is 9.78 Å². The van der Waals surface area contributed by atoms with Crippen LogP contribution in [0.3, 0.4) is 0 Å². The lowest BCUT2D eigenvalue weighted by molar-refractivity contribution is -0.145. The third-order valence-corrected chi connectivity index (χ3v) is 4.38. The van der Waals surface area contributed by atoms with E-state index in [1.54, 1.807) is 13.8 Å². The van der Waals surface area contributed by atoms with Gasteiger partial charge in [-0.2, -0.15) is 0 Å². The Bertz CT molecular complexity index is 736. The number of rotatable bonds is 11. The average Bonchev–Trinajstić information content (AvgIpc) is 3.15. The number of aliphatic hydroxyl groups is 1. The minimum absolute atomic E-state index is 0.201. The summed E-state index contributed by atoms with van der Waals surface area (Å²) in [4.78, 5) is 54.9. The molecule has 5 atom stereocenters. The van der Waals surface area contributed by atoms with Crippen molar-refractivity contribution in [3.63, 3.8) is 0 Å². The first kappa shape index (κ1) is 25.0. The van der Waals surface area contributed by atoms with Crippen LogP contribution in [0.1, 0.15) is 33.4 Å². The van der Waals surface area contributed by atoms with Gasteiger partial charge in [-0.1, -0.05) is 13.8 Å². The van der Waals surface area contributed by atoms with Gasteiger partial charge in [0.1, 0.15) is 12.1 Å². The molecule has 8 N–H and O–H groups in total. The van der Waals surface area contributed by atoms with Crippen molar-refractivity contribution in [1.29, 1.82) is 0 Å². The molecule has 0 bridgehead atoms. The fourth-order valence-corrected chi connectivity index (χ4v) is 2.56. The number of hydrogen-bond donors (Lipinski definition) is 7. The highest BCUT2D eigenvalue weighted by Crippen LogP contribution is 2.05. The molecule has 30 heavy (non-hydrogen) atoms. The Morgan fingerprint density at radius 2 is 1.63 bits per heavy atom. The highest BCUT2D eigenvalue weighted by molar-refractivity contribution is 5.94. The first-order valence-electron chi connectivity index (χ1n) is 9.48. The van der Waals surface area contributed by atoms with E-state index in [4.69, 9.17) is 10.8 Å². The second kappa shape index (κ2) is 11.3. The van der Waals surface area contributed by atoms with Crippen LogP contribution < -0.4 is 21.7 Å². The first-order valence-corrected chi connectivity index (χ1v) is 9.48. The number of carbonyl (C=O) groups excluding carboxylic acids is 3. The van der Waals surface area contributed by atoms with Crippen molar-refractivity contribution >= 4 is 23.7 Å². The normalized spacial score (nSPS) is 16.1. The number of carboxylic acids is 1. The highest BCUT2D eigenvalue weighted by atomic mass is 16.4. The number of aromatic nitrogens is 2. The van der Waals surface area contributed by atoms with E-state index >= 15 is 0 Å². The van der Waals surface area contributed by atoms with Crippen molar-refractivity contribution in [3.8, 4) is 0 Å². The predicted octanol–water partition coefficient (Wildman–Crippen LogP) is -2.12. The Labute approximate surface area is 174 Å². The Morgan fingerprint density at radius 1 is 1.03 bits per heavy atom. The van der Waals surface area contributed by atoms with E-state index in [1.165, 1.54) is 26.4 Å². The second-order valence-electron chi connectivity index (χ2n) is 7.41. The van der Waals surface area contributed by atoms with Gasteiger partial charge in [0.15, 0.2) is 6.04 Å². The lowest BCUT2D eigenvalue weighted by Crippen LogP contribution is -2.58. The van der Waals surface area contributed by atoms with Crippen molar-refractivity contribution in [2.75, 3.05) is 0 Å². The molecule has 0 fully saturated rings. The molecule has 1 heterocycles. The molecule has 0 aliphatic rings. The summed E-state index contributed by atoms with van der Waals surface area (Å²) in [5.74, 6) is -3.68. The predicted molar refractivity (Wildman–Crippen MR) is 106 cm³/mol. The SMILES string of the molecule is CC(NC(=O)C(NC(=O)C(N)Cc1cnc[nH]1)C(C)C)C(=O)NC(C(=O)O)C(C)O. The number of aliphatic carboxylic acids is 1. The second-order valence-corrected chi connectivity index (χ2v) is 7.41. The zero-order valence-corrected chi connectivity index (χ0v) is 17.4. The van der Waals surface area contributed by atoms with Crippen LogP contribution in [0, 0.1) is 5.92 Å². The summed E-state index contributed by atoms with van der Waals surface area (Å²) in [6.07, 6.45) is 1.88. The van der Waals surface area contributed by atoms with Gasteiger partial charge in [0.25, 0.3) is 0 Å². The molecule has 0 aliphatic carbocycles. The largest absolute Gasteiger partial charge is 0.480 e. The molecule has 1 aromatic rings. The monoisotopic (exact) mass is 426 g/mol. The molecule has 3 amide bonds. The van der Waals surface area contributed by atoms with Crippen LogP contribution in [-0.4, -0.2) is 74.1 Å².